The van der Waals surface area contributed by atoms with Crippen LogP contribution in [-0.2, 0) is 12.8 Å². The molecule has 0 aromatic heterocycles. The second-order valence-corrected chi connectivity index (χ2v) is 6.81. The third-order valence-electron chi connectivity index (χ3n) is 5.33. The lowest BCUT2D eigenvalue weighted by Gasteiger charge is -2.36. The summed E-state index contributed by atoms with van der Waals surface area (Å²) in [6.07, 6.45) is 2.36. The Labute approximate surface area is 148 Å². The lowest BCUT2D eigenvalue weighted by atomic mass is 9.86. The van der Waals surface area contributed by atoms with Crippen LogP contribution in [0, 0.1) is 0 Å². The summed E-state index contributed by atoms with van der Waals surface area (Å²) in [4.78, 5) is 15.1. The molecule has 25 heavy (non-hydrogen) atoms. The molecule has 0 amide bonds. The highest BCUT2D eigenvalue weighted by Gasteiger charge is 2.34. The molecule has 1 atom stereocenters. The number of hydrogen-bond donors (Lipinski definition) is 0. The molecule has 2 heterocycles. The number of benzene rings is 2. The maximum Gasteiger partial charge on any atom is 0.166 e. The summed E-state index contributed by atoms with van der Waals surface area (Å²) in [5.74, 6) is 1.85. The van der Waals surface area contributed by atoms with Gasteiger partial charge < -0.3 is 9.47 Å². The predicted molar refractivity (Wildman–Crippen MR) is 96.7 cm³/mol. The zero-order valence-electron chi connectivity index (χ0n) is 14.7. The largest absolute Gasteiger partial charge is 0.492 e. The van der Waals surface area contributed by atoms with Gasteiger partial charge in [-0.2, -0.15) is 0 Å². The average Bonchev–Trinajstić information content (AvgIpc) is 3.11. The molecule has 4 rings (SSSR count). The van der Waals surface area contributed by atoms with Crippen molar-refractivity contribution in [3.8, 4) is 11.5 Å². The van der Waals surface area contributed by atoms with Gasteiger partial charge in [-0.1, -0.05) is 36.4 Å². The van der Waals surface area contributed by atoms with Crippen molar-refractivity contribution in [1.82, 2.24) is 4.90 Å². The van der Waals surface area contributed by atoms with E-state index in [1.165, 1.54) is 11.1 Å². The Bertz CT molecular complexity index is 801. The molecule has 0 spiro atoms. The number of hydrogen-bond acceptors (Lipinski definition) is 4. The smallest absolute Gasteiger partial charge is 0.166 e. The molecule has 1 unspecified atom stereocenters. The van der Waals surface area contributed by atoms with Crippen LogP contribution in [0.2, 0.25) is 0 Å². The number of Topliss-reactive ketones (excluding diaryl/α,β-unsaturated/α-hetero) is 1. The maximum atomic E-state index is 12.8. The van der Waals surface area contributed by atoms with E-state index in [0.29, 0.717) is 13.0 Å². The summed E-state index contributed by atoms with van der Waals surface area (Å²) in [6.45, 7) is 1.65. The molecule has 2 aromatic carbocycles. The number of rotatable bonds is 4. The highest BCUT2D eigenvalue weighted by atomic mass is 16.5. The zero-order valence-corrected chi connectivity index (χ0v) is 14.7. The van der Waals surface area contributed by atoms with Gasteiger partial charge in [-0.15, -0.1) is 0 Å². The van der Waals surface area contributed by atoms with E-state index in [4.69, 9.17) is 9.47 Å². The van der Waals surface area contributed by atoms with Gasteiger partial charge in [0.25, 0.3) is 0 Å². The molecule has 2 aliphatic heterocycles. The van der Waals surface area contributed by atoms with Gasteiger partial charge in [-0.25, -0.2) is 0 Å². The number of nitrogens with zero attached hydrogens (tertiary/aromatic N) is 1. The van der Waals surface area contributed by atoms with E-state index in [9.17, 15) is 4.79 Å². The molecule has 0 fully saturated rings. The lowest BCUT2D eigenvalue weighted by molar-refractivity contribution is 0.0925. The molecular weight excluding hydrogens is 314 g/mol. The third-order valence-corrected chi connectivity index (χ3v) is 5.33. The first-order valence-electron chi connectivity index (χ1n) is 8.83. The average molecular weight is 337 g/mol. The highest BCUT2D eigenvalue weighted by molar-refractivity contribution is 5.96. The van der Waals surface area contributed by atoms with Gasteiger partial charge >= 0.3 is 0 Å². The minimum absolute atomic E-state index is 0.0147. The minimum atomic E-state index is 0.0147. The Kier molecular flexibility index (Phi) is 4.22. The van der Waals surface area contributed by atoms with Crippen molar-refractivity contribution < 1.29 is 14.3 Å². The van der Waals surface area contributed by atoms with Crippen molar-refractivity contribution in [3.05, 3.63) is 58.7 Å². The normalized spacial score (nSPS) is 19.0. The van der Waals surface area contributed by atoms with Gasteiger partial charge in [0, 0.05) is 42.1 Å². The monoisotopic (exact) mass is 337 g/mol. The van der Waals surface area contributed by atoms with E-state index >= 15 is 0 Å². The number of ketones is 1. The molecule has 130 valence electrons. The van der Waals surface area contributed by atoms with Crippen molar-refractivity contribution in [2.75, 3.05) is 27.3 Å². The van der Waals surface area contributed by atoms with Gasteiger partial charge in [0.1, 0.15) is 0 Å². The van der Waals surface area contributed by atoms with Crippen molar-refractivity contribution in [2.24, 2.45) is 0 Å². The molecule has 0 bridgehead atoms. The van der Waals surface area contributed by atoms with E-state index in [0.717, 1.165) is 42.0 Å². The van der Waals surface area contributed by atoms with Gasteiger partial charge in [0.15, 0.2) is 17.3 Å². The van der Waals surface area contributed by atoms with Crippen LogP contribution in [0.3, 0.4) is 0 Å². The van der Waals surface area contributed by atoms with Crippen LogP contribution in [0.25, 0.3) is 0 Å². The third kappa shape index (κ3) is 2.81. The summed E-state index contributed by atoms with van der Waals surface area (Å²) in [7, 11) is 3.78. The van der Waals surface area contributed by atoms with E-state index in [2.05, 4.69) is 18.0 Å². The summed E-state index contributed by atoms with van der Waals surface area (Å²) in [5, 5.41) is 0. The fraction of sp³-hybridized carbons (Fsp3) is 0.381. The van der Waals surface area contributed by atoms with Gasteiger partial charge in [-0.05, 0) is 19.0 Å². The van der Waals surface area contributed by atoms with Crippen LogP contribution < -0.4 is 9.47 Å². The standard InChI is InChI=1S/C21H23NO3/c1-22-10-8-15-12-16-9-11-25-20(16)21(24-2)19(15)17(22)13-18(23)14-6-4-3-5-7-14/h3-7,12,17H,8-11,13H2,1-2H3. The topological polar surface area (TPSA) is 38.8 Å². The Morgan fingerprint density at radius 3 is 2.80 bits per heavy atom. The SMILES string of the molecule is COc1c2c(cc3c1C(CC(=O)c1ccccc1)N(C)CC3)CCO2. The quantitative estimate of drug-likeness (QED) is 0.801. The second kappa shape index (κ2) is 6.52. The zero-order chi connectivity index (χ0) is 17.4. The van der Waals surface area contributed by atoms with Gasteiger partial charge in [-0.3, -0.25) is 9.69 Å². The molecule has 0 saturated carbocycles. The number of likely N-dealkylation sites (N-methyl/N-ethyl adjacent to an activating group) is 1. The van der Waals surface area contributed by atoms with Gasteiger partial charge in [0.2, 0.25) is 0 Å². The summed E-state index contributed by atoms with van der Waals surface area (Å²) >= 11 is 0. The Morgan fingerprint density at radius 2 is 2.04 bits per heavy atom. The first-order valence-corrected chi connectivity index (χ1v) is 8.83. The second-order valence-electron chi connectivity index (χ2n) is 6.81. The Balaban J connectivity index is 1.74. The van der Waals surface area contributed by atoms with E-state index < -0.39 is 0 Å². The predicted octanol–water partition coefficient (Wildman–Crippen LogP) is 3.43. The maximum absolute atomic E-state index is 12.8. The highest BCUT2D eigenvalue weighted by Crippen LogP contribution is 2.47. The molecule has 0 aliphatic carbocycles. The summed E-state index contributed by atoms with van der Waals surface area (Å²) < 4.78 is 11.6. The number of carbonyl (C=O) groups excluding carboxylic acids is 1. The van der Waals surface area contributed by atoms with Crippen LogP contribution >= 0.6 is 0 Å². The van der Waals surface area contributed by atoms with Crippen molar-refractivity contribution in [3.63, 3.8) is 0 Å². The van der Waals surface area contributed by atoms with E-state index in [-0.39, 0.29) is 11.8 Å². The van der Waals surface area contributed by atoms with Crippen LogP contribution in [0.1, 0.15) is 39.5 Å². The number of fused-ring (bicyclic) bond motifs is 2. The minimum Gasteiger partial charge on any atom is -0.492 e. The Hall–Kier alpha value is -2.33. The van der Waals surface area contributed by atoms with Crippen LogP contribution in [0.15, 0.2) is 36.4 Å². The van der Waals surface area contributed by atoms with E-state index in [1.54, 1.807) is 7.11 Å². The summed E-state index contributed by atoms with van der Waals surface area (Å²) in [5.41, 5.74) is 4.42. The van der Waals surface area contributed by atoms with Crippen LogP contribution in [-0.4, -0.2) is 38.0 Å². The molecule has 2 aliphatic rings. The summed E-state index contributed by atoms with van der Waals surface area (Å²) in [6, 6.07) is 11.8. The molecule has 0 radical (unpaired) electrons. The number of ether oxygens (including phenoxy) is 2. The van der Waals surface area contributed by atoms with Crippen LogP contribution in [0.4, 0.5) is 0 Å². The lowest BCUT2D eigenvalue weighted by Crippen LogP contribution is -2.34. The van der Waals surface area contributed by atoms with Crippen molar-refractivity contribution in [1.29, 1.82) is 0 Å². The fourth-order valence-corrected chi connectivity index (χ4v) is 4.00. The molecule has 0 N–H and O–H groups in total. The van der Waals surface area contributed by atoms with Gasteiger partial charge in [0.05, 0.1) is 13.7 Å². The fourth-order valence-electron chi connectivity index (χ4n) is 4.00. The molecule has 2 aromatic rings. The Morgan fingerprint density at radius 1 is 1.24 bits per heavy atom. The number of carbonyl (C=O) groups is 1. The van der Waals surface area contributed by atoms with Crippen molar-refractivity contribution >= 4 is 5.78 Å². The van der Waals surface area contributed by atoms with E-state index in [1.807, 2.05) is 30.3 Å². The molecule has 0 saturated heterocycles. The van der Waals surface area contributed by atoms with Crippen molar-refractivity contribution in [2.45, 2.75) is 25.3 Å². The number of methoxy groups -OCH3 is 1. The molecule has 4 nitrogen and oxygen atoms in total. The first-order chi connectivity index (χ1) is 12.2. The first kappa shape index (κ1) is 16.2. The molecule has 4 heteroatoms. The van der Waals surface area contributed by atoms with Crippen LogP contribution in [0.5, 0.6) is 11.5 Å². The molecular formula is C21H23NO3.